The molecule has 0 fully saturated rings. The lowest BCUT2D eigenvalue weighted by Gasteiger charge is -2.12. The third-order valence-electron chi connectivity index (χ3n) is 3.90. The van der Waals surface area contributed by atoms with Crippen molar-refractivity contribution < 1.29 is 14.3 Å². The largest absolute Gasteiger partial charge is 0.497 e. The average Bonchev–Trinajstić information content (AvgIpc) is 2.88. The molecule has 0 radical (unpaired) electrons. The minimum atomic E-state index is -0.566. The molecular formula is C19H26N4O3S. The van der Waals surface area contributed by atoms with Crippen LogP contribution in [0.2, 0.25) is 0 Å². The minimum Gasteiger partial charge on any atom is -0.497 e. The van der Waals surface area contributed by atoms with Gasteiger partial charge in [0.2, 0.25) is 5.91 Å². The highest BCUT2D eigenvalue weighted by molar-refractivity contribution is 7.99. The van der Waals surface area contributed by atoms with Crippen LogP contribution < -0.4 is 15.4 Å². The van der Waals surface area contributed by atoms with Crippen LogP contribution in [0.5, 0.6) is 5.75 Å². The van der Waals surface area contributed by atoms with Gasteiger partial charge in [0.1, 0.15) is 5.75 Å². The second kappa shape index (κ2) is 9.45. The molecule has 0 aliphatic carbocycles. The van der Waals surface area contributed by atoms with Gasteiger partial charge in [0, 0.05) is 17.9 Å². The number of aryl methyl sites for hydroxylation is 1. The summed E-state index contributed by atoms with van der Waals surface area (Å²) in [6.07, 6.45) is 0. The molecule has 0 saturated heterocycles. The highest BCUT2D eigenvalue weighted by Crippen LogP contribution is 2.22. The summed E-state index contributed by atoms with van der Waals surface area (Å²) in [6.45, 7) is 9.10. The first kappa shape index (κ1) is 20.8. The van der Waals surface area contributed by atoms with Crippen LogP contribution in [-0.4, -0.2) is 34.4 Å². The highest BCUT2D eigenvalue weighted by Gasteiger charge is 2.15. The number of benzene rings is 1. The van der Waals surface area contributed by atoms with E-state index in [1.54, 1.807) is 31.4 Å². The van der Waals surface area contributed by atoms with Crippen molar-refractivity contribution in [2.24, 2.45) is 5.92 Å². The van der Waals surface area contributed by atoms with E-state index in [4.69, 9.17) is 4.74 Å². The third kappa shape index (κ3) is 6.02. The van der Waals surface area contributed by atoms with Crippen molar-refractivity contribution >= 4 is 29.4 Å². The number of anilines is 1. The summed E-state index contributed by atoms with van der Waals surface area (Å²) in [4.78, 5) is 28.6. The molecule has 27 heavy (non-hydrogen) atoms. The van der Waals surface area contributed by atoms with Crippen molar-refractivity contribution in [3.8, 4) is 5.75 Å². The molecule has 8 heteroatoms. The molecule has 3 amide bonds. The number of nitrogens with zero attached hydrogens (tertiary/aromatic N) is 2. The molecule has 0 unspecified atom stereocenters. The molecule has 1 heterocycles. The van der Waals surface area contributed by atoms with E-state index >= 15 is 0 Å². The van der Waals surface area contributed by atoms with Gasteiger partial charge in [-0.3, -0.25) is 10.1 Å². The standard InChI is InChI=1S/C19H26N4O3S/c1-12(2)10-23-14(4)13(3)20-19(23)27-11-17(24)22-18(25)21-15-6-8-16(26-5)9-7-15/h6-9,12H,10-11H2,1-5H3,(H2,21,22,24,25). The Labute approximate surface area is 163 Å². The number of imidazole rings is 1. The zero-order chi connectivity index (χ0) is 20.0. The molecule has 2 aromatic rings. The van der Waals surface area contributed by atoms with E-state index in [9.17, 15) is 9.59 Å². The fourth-order valence-corrected chi connectivity index (χ4v) is 3.34. The van der Waals surface area contributed by atoms with Crippen molar-refractivity contribution in [3.63, 3.8) is 0 Å². The van der Waals surface area contributed by atoms with Crippen LogP contribution in [0.4, 0.5) is 10.5 Å². The Morgan fingerprint density at radius 1 is 1.22 bits per heavy atom. The van der Waals surface area contributed by atoms with Crippen LogP contribution in [0, 0.1) is 19.8 Å². The fourth-order valence-electron chi connectivity index (χ4n) is 2.44. The smallest absolute Gasteiger partial charge is 0.325 e. The van der Waals surface area contributed by atoms with Gasteiger partial charge in [-0.25, -0.2) is 9.78 Å². The van der Waals surface area contributed by atoms with Gasteiger partial charge in [0.25, 0.3) is 0 Å². The molecule has 0 aliphatic rings. The summed E-state index contributed by atoms with van der Waals surface area (Å²) in [5.74, 6) is 0.904. The fraction of sp³-hybridized carbons (Fsp3) is 0.421. The summed E-state index contributed by atoms with van der Waals surface area (Å²) >= 11 is 1.33. The van der Waals surface area contributed by atoms with Crippen molar-refractivity contribution in [2.75, 3.05) is 18.2 Å². The van der Waals surface area contributed by atoms with Crippen LogP contribution >= 0.6 is 11.8 Å². The molecule has 0 atom stereocenters. The lowest BCUT2D eigenvalue weighted by molar-refractivity contribution is -0.117. The normalized spacial score (nSPS) is 10.7. The lowest BCUT2D eigenvalue weighted by Crippen LogP contribution is -2.35. The summed E-state index contributed by atoms with van der Waals surface area (Å²) in [5, 5.41) is 5.74. The maximum atomic E-state index is 12.1. The Balaban J connectivity index is 1.88. The minimum absolute atomic E-state index is 0.115. The van der Waals surface area contributed by atoms with E-state index in [1.165, 1.54) is 11.8 Å². The first-order valence-electron chi connectivity index (χ1n) is 8.71. The van der Waals surface area contributed by atoms with Gasteiger partial charge in [-0.2, -0.15) is 0 Å². The first-order valence-corrected chi connectivity index (χ1v) is 9.70. The van der Waals surface area contributed by atoms with Gasteiger partial charge in [0.15, 0.2) is 5.16 Å². The highest BCUT2D eigenvalue weighted by atomic mass is 32.2. The number of nitrogens with one attached hydrogen (secondary N) is 2. The van der Waals surface area contributed by atoms with E-state index in [1.807, 2.05) is 13.8 Å². The first-order chi connectivity index (χ1) is 12.8. The molecular weight excluding hydrogens is 364 g/mol. The predicted molar refractivity (Wildman–Crippen MR) is 107 cm³/mol. The molecule has 0 spiro atoms. The number of thioether (sulfide) groups is 1. The Bertz CT molecular complexity index is 800. The number of urea groups is 1. The van der Waals surface area contributed by atoms with Gasteiger partial charge in [0.05, 0.1) is 18.6 Å². The van der Waals surface area contributed by atoms with Crippen LogP contribution in [0.25, 0.3) is 0 Å². The van der Waals surface area contributed by atoms with Crippen LogP contribution in [0.1, 0.15) is 25.2 Å². The van der Waals surface area contributed by atoms with Crippen LogP contribution in [0.3, 0.4) is 0 Å². The molecule has 1 aromatic carbocycles. The number of hydrogen-bond acceptors (Lipinski definition) is 5. The second-order valence-electron chi connectivity index (χ2n) is 6.59. The summed E-state index contributed by atoms with van der Waals surface area (Å²) in [6, 6.07) is 6.29. The number of imide groups is 1. The zero-order valence-corrected chi connectivity index (χ0v) is 17.1. The van der Waals surface area contributed by atoms with Crippen molar-refractivity contribution in [1.82, 2.24) is 14.9 Å². The maximum Gasteiger partial charge on any atom is 0.325 e. The zero-order valence-electron chi connectivity index (χ0n) is 16.3. The average molecular weight is 391 g/mol. The quantitative estimate of drug-likeness (QED) is 0.706. The van der Waals surface area contributed by atoms with Crippen LogP contribution in [0.15, 0.2) is 29.4 Å². The van der Waals surface area contributed by atoms with Crippen molar-refractivity contribution in [3.05, 3.63) is 35.7 Å². The second-order valence-corrected chi connectivity index (χ2v) is 7.53. The Morgan fingerprint density at radius 3 is 2.48 bits per heavy atom. The monoisotopic (exact) mass is 390 g/mol. The van der Waals surface area contributed by atoms with E-state index in [0.29, 0.717) is 17.4 Å². The Kier molecular flexibility index (Phi) is 7.29. The van der Waals surface area contributed by atoms with E-state index in [0.717, 1.165) is 23.1 Å². The molecule has 7 nitrogen and oxygen atoms in total. The molecule has 146 valence electrons. The van der Waals surface area contributed by atoms with Crippen molar-refractivity contribution in [2.45, 2.75) is 39.4 Å². The number of carbonyl (C=O) groups is 2. The third-order valence-corrected chi connectivity index (χ3v) is 4.88. The molecule has 0 bridgehead atoms. The number of ether oxygens (including phenoxy) is 1. The SMILES string of the molecule is COc1ccc(NC(=O)NC(=O)CSc2nc(C)c(C)n2CC(C)C)cc1. The molecule has 2 rings (SSSR count). The van der Waals surface area contributed by atoms with E-state index in [2.05, 4.69) is 34.0 Å². The maximum absolute atomic E-state index is 12.1. The Morgan fingerprint density at radius 2 is 1.89 bits per heavy atom. The Hall–Kier alpha value is -2.48. The van der Waals surface area contributed by atoms with Gasteiger partial charge >= 0.3 is 6.03 Å². The molecule has 1 aromatic heterocycles. The van der Waals surface area contributed by atoms with Gasteiger partial charge in [-0.15, -0.1) is 0 Å². The van der Waals surface area contributed by atoms with Gasteiger partial charge in [-0.1, -0.05) is 25.6 Å². The summed E-state index contributed by atoms with van der Waals surface area (Å²) in [7, 11) is 1.57. The number of hydrogen-bond donors (Lipinski definition) is 2. The molecule has 0 aliphatic heterocycles. The number of aromatic nitrogens is 2. The number of rotatable bonds is 7. The van der Waals surface area contributed by atoms with Gasteiger partial charge < -0.3 is 14.6 Å². The van der Waals surface area contributed by atoms with Crippen LogP contribution in [-0.2, 0) is 11.3 Å². The predicted octanol–water partition coefficient (Wildman–Crippen LogP) is 3.60. The molecule has 0 saturated carbocycles. The van der Waals surface area contributed by atoms with E-state index < -0.39 is 6.03 Å². The summed E-state index contributed by atoms with van der Waals surface area (Å²) in [5.41, 5.74) is 2.63. The molecule has 2 N–H and O–H groups in total. The topological polar surface area (TPSA) is 85.2 Å². The van der Waals surface area contributed by atoms with Crippen molar-refractivity contribution in [1.29, 1.82) is 0 Å². The summed E-state index contributed by atoms with van der Waals surface area (Å²) < 4.78 is 7.18. The number of amides is 3. The van der Waals surface area contributed by atoms with Gasteiger partial charge in [-0.05, 0) is 44.0 Å². The lowest BCUT2D eigenvalue weighted by atomic mass is 10.2. The number of methoxy groups -OCH3 is 1. The number of carbonyl (C=O) groups excluding carboxylic acids is 2. The van der Waals surface area contributed by atoms with E-state index in [-0.39, 0.29) is 11.7 Å².